The molecule has 2 N–H and O–H groups in total. The molecule has 0 spiro atoms. The second-order valence-electron chi connectivity index (χ2n) is 7.63. The number of benzene rings is 2. The van der Waals surface area contributed by atoms with E-state index in [9.17, 15) is 13.2 Å². The summed E-state index contributed by atoms with van der Waals surface area (Å²) in [5.74, 6) is -0.412. The van der Waals surface area contributed by atoms with E-state index in [1.807, 2.05) is 0 Å². The fourth-order valence-corrected chi connectivity index (χ4v) is 4.98. The van der Waals surface area contributed by atoms with Crippen molar-refractivity contribution in [3.05, 3.63) is 75.7 Å². The van der Waals surface area contributed by atoms with Crippen LogP contribution in [-0.2, 0) is 35.0 Å². The summed E-state index contributed by atoms with van der Waals surface area (Å²) in [4.78, 5) is 21.1. The molecular formula is C22H17Cl2N5O4S. The van der Waals surface area contributed by atoms with E-state index in [2.05, 4.69) is 20.0 Å². The van der Waals surface area contributed by atoms with Gasteiger partial charge in [0.15, 0.2) is 0 Å². The Morgan fingerprint density at radius 3 is 2.65 bits per heavy atom. The average molecular weight is 518 g/mol. The maximum atomic E-state index is 12.9. The minimum Gasteiger partial charge on any atom is -0.370 e. The van der Waals surface area contributed by atoms with Gasteiger partial charge in [-0.05, 0) is 42.5 Å². The Hall–Kier alpha value is -3.18. The molecule has 2 aromatic carbocycles. The lowest BCUT2D eigenvalue weighted by Crippen LogP contribution is -2.17. The molecule has 0 radical (unpaired) electrons. The summed E-state index contributed by atoms with van der Waals surface area (Å²) < 4.78 is 34.8. The molecule has 0 atom stereocenters. The minimum absolute atomic E-state index is 0.00289. The van der Waals surface area contributed by atoms with Gasteiger partial charge in [-0.25, -0.2) is 23.1 Å². The molecule has 0 aliphatic carbocycles. The van der Waals surface area contributed by atoms with Crippen molar-refractivity contribution in [3.63, 3.8) is 0 Å². The summed E-state index contributed by atoms with van der Waals surface area (Å²) in [5.41, 5.74) is 3.04. The van der Waals surface area contributed by atoms with Crippen molar-refractivity contribution in [3.8, 4) is 0 Å². The Morgan fingerprint density at radius 1 is 1.12 bits per heavy atom. The van der Waals surface area contributed by atoms with E-state index in [4.69, 9.17) is 27.9 Å². The first-order chi connectivity index (χ1) is 16.2. The van der Waals surface area contributed by atoms with Crippen molar-refractivity contribution in [2.45, 2.75) is 18.1 Å². The van der Waals surface area contributed by atoms with Crippen LogP contribution in [0.4, 0.5) is 11.6 Å². The van der Waals surface area contributed by atoms with Gasteiger partial charge >= 0.3 is 0 Å². The molecule has 0 unspecified atom stereocenters. The monoisotopic (exact) mass is 517 g/mol. The van der Waals surface area contributed by atoms with Gasteiger partial charge in [0.2, 0.25) is 5.95 Å². The molecule has 12 heteroatoms. The van der Waals surface area contributed by atoms with Gasteiger partial charge in [0.05, 0.1) is 33.8 Å². The number of hydrogen-bond acceptors (Lipinski definition) is 6. The normalized spacial score (nSPS) is 13.1. The van der Waals surface area contributed by atoms with Gasteiger partial charge in [-0.1, -0.05) is 23.2 Å². The predicted molar refractivity (Wildman–Crippen MR) is 129 cm³/mol. The summed E-state index contributed by atoms with van der Waals surface area (Å²) in [6.07, 6.45) is 1.54. The summed E-state index contributed by atoms with van der Waals surface area (Å²) in [5, 5.41) is 4.19. The van der Waals surface area contributed by atoms with Crippen LogP contribution in [0.2, 0.25) is 10.0 Å². The average Bonchev–Trinajstić information content (AvgIpc) is 3.41. The third-order valence-electron chi connectivity index (χ3n) is 5.44. The molecule has 1 aliphatic rings. The maximum absolute atomic E-state index is 12.9. The van der Waals surface area contributed by atoms with Gasteiger partial charge in [-0.15, -0.1) is 0 Å². The number of aryl methyl sites for hydroxylation is 1. The SMILES string of the molecule is Cn1c(C(=O)Nc2ccc(S(=O)(=O)Nc3ncc4c(n3)COC4)cc2)cc2c(Cl)c(Cl)ccc21. The standard InChI is InChI=1S/C22H17Cl2N5O4S/c1-29-18-7-6-16(23)20(24)15(18)8-19(29)21(30)26-13-2-4-14(5-3-13)34(31,32)28-22-25-9-12-10-33-11-17(12)27-22/h2-9H,10-11H2,1H3,(H,26,30)(H,25,27,28). The zero-order valence-electron chi connectivity index (χ0n) is 17.7. The van der Waals surface area contributed by atoms with Gasteiger partial charge in [0, 0.05) is 35.4 Å². The number of carbonyl (C=O) groups excluding carboxylic acids is 1. The van der Waals surface area contributed by atoms with E-state index in [1.165, 1.54) is 24.3 Å². The molecule has 5 rings (SSSR count). The van der Waals surface area contributed by atoms with Crippen molar-refractivity contribution >= 4 is 61.7 Å². The van der Waals surface area contributed by atoms with E-state index in [1.54, 1.807) is 36.0 Å². The van der Waals surface area contributed by atoms with Crippen molar-refractivity contribution in [2.75, 3.05) is 10.0 Å². The van der Waals surface area contributed by atoms with Crippen LogP contribution in [-0.4, -0.2) is 28.9 Å². The number of amides is 1. The molecule has 0 saturated carbocycles. The van der Waals surface area contributed by atoms with Gasteiger partial charge in [0.1, 0.15) is 5.69 Å². The Labute approximate surface area is 204 Å². The number of nitrogens with one attached hydrogen (secondary N) is 2. The highest BCUT2D eigenvalue weighted by atomic mass is 35.5. The minimum atomic E-state index is -3.92. The molecule has 0 saturated heterocycles. The highest BCUT2D eigenvalue weighted by Crippen LogP contribution is 2.32. The number of aromatic nitrogens is 3. The van der Waals surface area contributed by atoms with E-state index in [0.717, 1.165) is 11.1 Å². The Kier molecular flexibility index (Phi) is 5.68. The largest absolute Gasteiger partial charge is 0.370 e. The zero-order valence-corrected chi connectivity index (χ0v) is 20.0. The number of nitrogens with zero attached hydrogens (tertiary/aromatic N) is 3. The third kappa shape index (κ3) is 4.09. The van der Waals surface area contributed by atoms with E-state index in [-0.39, 0.29) is 16.8 Å². The lowest BCUT2D eigenvalue weighted by molar-refractivity contribution is 0.101. The number of sulfonamides is 1. The van der Waals surface area contributed by atoms with Crippen LogP contribution >= 0.6 is 23.2 Å². The van der Waals surface area contributed by atoms with Crippen molar-refractivity contribution < 1.29 is 17.9 Å². The molecule has 0 fully saturated rings. The molecule has 2 aromatic heterocycles. The number of ether oxygens (including phenoxy) is 1. The van der Waals surface area contributed by atoms with Crippen LogP contribution in [0.3, 0.4) is 0 Å². The number of halogens is 2. The highest BCUT2D eigenvalue weighted by Gasteiger charge is 2.20. The second-order valence-corrected chi connectivity index (χ2v) is 10.1. The Balaban J connectivity index is 1.33. The summed E-state index contributed by atoms with van der Waals surface area (Å²) >= 11 is 12.3. The van der Waals surface area contributed by atoms with E-state index >= 15 is 0 Å². The number of hydrogen-bond donors (Lipinski definition) is 2. The fourth-order valence-electron chi connectivity index (χ4n) is 3.65. The maximum Gasteiger partial charge on any atom is 0.272 e. The Bertz CT molecular complexity index is 1550. The highest BCUT2D eigenvalue weighted by molar-refractivity contribution is 7.92. The van der Waals surface area contributed by atoms with E-state index < -0.39 is 10.0 Å². The van der Waals surface area contributed by atoms with Crippen molar-refractivity contribution in [1.82, 2.24) is 14.5 Å². The molecule has 0 bridgehead atoms. The lowest BCUT2D eigenvalue weighted by Gasteiger charge is -2.09. The van der Waals surface area contributed by atoms with E-state index in [0.29, 0.717) is 45.7 Å². The molecule has 1 amide bonds. The molecule has 34 heavy (non-hydrogen) atoms. The Morgan fingerprint density at radius 2 is 1.88 bits per heavy atom. The van der Waals surface area contributed by atoms with Crippen LogP contribution < -0.4 is 10.0 Å². The second kappa shape index (κ2) is 8.55. The number of rotatable bonds is 5. The van der Waals surface area contributed by atoms with Crippen LogP contribution in [0.25, 0.3) is 10.9 Å². The lowest BCUT2D eigenvalue weighted by atomic mass is 10.2. The molecule has 4 aromatic rings. The van der Waals surface area contributed by atoms with Crippen LogP contribution in [0, 0.1) is 0 Å². The zero-order chi connectivity index (χ0) is 24.0. The smallest absolute Gasteiger partial charge is 0.272 e. The third-order valence-corrected chi connectivity index (χ3v) is 7.61. The van der Waals surface area contributed by atoms with Gasteiger partial charge in [0.25, 0.3) is 15.9 Å². The topological polar surface area (TPSA) is 115 Å². The van der Waals surface area contributed by atoms with Crippen LogP contribution in [0.15, 0.2) is 53.6 Å². The molecule has 1 aliphatic heterocycles. The van der Waals surface area contributed by atoms with Gasteiger partial charge < -0.3 is 14.6 Å². The quantitative estimate of drug-likeness (QED) is 0.406. The molecule has 3 heterocycles. The van der Waals surface area contributed by atoms with Crippen molar-refractivity contribution in [2.24, 2.45) is 7.05 Å². The number of anilines is 2. The fraction of sp³-hybridized carbons (Fsp3) is 0.136. The first kappa shape index (κ1) is 22.6. The first-order valence-electron chi connectivity index (χ1n) is 10.0. The number of carbonyl (C=O) groups is 1. The van der Waals surface area contributed by atoms with Crippen LogP contribution in [0.5, 0.6) is 0 Å². The number of fused-ring (bicyclic) bond motifs is 2. The molecular weight excluding hydrogens is 501 g/mol. The predicted octanol–water partition coefficient (Wildman–Crippen LogP) is 4.36. The summed E-state index contributed by atoms with van der Waals surface area (Å²) in [6.45, 7) is 0.728. The first-order valence-corrected chi connectivity index (χ1v) is 12.3. The molecule has 174 valence electrons. The van der Waals surface area contributed by atoms with Crippen molar-refractivity contribution in [1.29, 1.82) is 0 Å². The van der Waals surface area contributed by atoms with Gasteiger partial charge in [-0.2, -0.15) is 0 Å². The molecule has 9 nitrogen and oxygen atoms in total. The summed E-state index contributed by atoms with van der Waals surface area (Å²) in [7, 11) is -2.17. The summed E-state index contributed by atoms with van der Waals surface area (Å²) in [6, 6.07) is 10.9. The van der Waals surface area contributed by atoms with Crippen LogP contribution in [0.1, 0.15) is 21.7 Å². The van der Waals surface area contributed by atoms with Gasteiger partial charge in [-0.3, -0.25) is 4.79 Å².